The van der Waals surface area contributed by atoms with E-state index in [1.165, 1.54) is 18.2 Å². The van der Waals surface area contributed by atoms with Gasteiger partial charge in [0, 0.05) is 12.3 Å². The van der Waals surface area contributed by atoms with Gasteiger partial charge in [-0.2, -0.15) is 0 Å². The van der Waals surface area contributed by atoms with Gasteiger partial charge in [-0.3, -0.25) is 4.79 Å². The van der Waals surface area contributed by atoms with E-state index in [9.17, 15) is 17.6 Å². The number of sulfone groups is 1. The minimum atomic E-state index is -3.15. The van der Waals surface area contributed by atoms with Gasteiger partial charge in [0.25, 0.3) is 0 Å². The number of ether oxygens (including phenoxy) is 1. The number of nitrogens with two attached hydrogens (primary N) is 1. The summed E-state index contributed by atoms with van der Waals surface area (Å²) in [4.78, 5) is 11.8. The first-order chi connectivity index (χ1) is 10.7. The van der Waals surface area contributed by atoms with E-state index < -0.39 is 27.6 Å². The van der Waals surface area contributed by atoms with Crippen LogP contribution < -0.4 is 15.8 Å². The van der Waals surface area contributed by atoms with Gasteiger partial charge in [-0.25, -0.2) is 12.8 Å². The molecule has 0 bridgehead atoms. The zero-order chi connectivity index (χ0) is 17.5. The normalized spacial score (nSPS) is 13.5. The standard InChI is InChI=1S/C15H23FN2O4S.ClH/c1-3-12(22-13-6-4-5-11(16)9-13)10-18-15(19)14(17)7-8-23(2,20)21;/h4-6,9,12,14H,3,7-8,10,17H2,1-2H3,(H,18,19);1H. The monoisotopic (exact) mass is 382 g/mol. The Labute approximate surface area is 148 Å². The lowest BCUT2D eigenvalue weighted by Crippen LogP contribution is -2.45. The molecular weight excluding hydrogens is 359 g/mol. The van der Waals surface area contributed by atoms with Crippen LogP contribution in [0.5, 0.6) is 5.75 Å². The summed E-state index contributed by atoms with van der Waals surface area (Å²) in [5.41, 5.74) is 5.66. The van der Waals surface area contributed by atoms with Crippen molar-refractivity contribution in [2.75, 3.05) is 18.6 Å². The molecule has 0 saturated heterocycles. The Hall–Kier alpha value is -1.38. The summed E-state index contributed by atoms with van der Waals surface area (Å²) in [7, 11) is -3.15. The fourth-order valence-electron chi connectivity index (χ4n) is 1.82. The maximum atomic E-state index is 13.1. The van der Waals surface area contributed by atoms with Crippen molar-refractivity contribution >= 4 is 28.2 Å². The Morgan fingerprint density at radius 3 is 2.62 bits per heavy atom. The highest BCUT2D eigenvalue weighted by Crippen LogP contribution is 2.14. The second kappa shape index (κ2) is 10.5. The van der Waals surface area contributed by atoms with E-state index in [2.05, 4.69) is 5.32 Å². The van der Waals surface area contributed by atoms with Crippen LogP contribution in [-0.4, -0.2) is 45.0 Å². The van der Waals surface area contributed by atoms with Crippen LogP contribution in [0.4, 0.5) is 4.39 Å². The first kappa shape index (κ1) is 22.6. The number of hydrogen-bond donors (Lipinski definition) is 2. The first-order valence-electron chi connectivity index (χ1n) is 7.34. The Morgan fingerprint density at radius 1 is 1.42 bits per heavy atom. The molecule has 0 aromatic heterocycles. The van der Waals surface area contributed by atoms with Crippen molar-refractivity contribution < 1.29 is 22.3 Å². The van der Waals surface area contributed by atoms with Gasteiger partial charge in [0.05, 0.1) is 18.3 Å². The molecule has 0 fully saturated rings. The first-order valence-corrected chi connectivity index (χ1v) is 9.40. The number of carbonyl (C=O) groups excluding carboxylic acids is 1. The number of benzene rings is 1. The van der Waals surface area contributed by atoms with Gasteiger partial charge >= 0.3 is 0 Å². The number of carbonyl (C=O) groups is 1. The van der Waals surface area contributed by atoms with Gasteiger partial charge in [0.1, 0.15) is 27.5 Å². The Morgan fingerprint density at radius 2 is 2.08 bits per heavy atom. The maximum absolute atomic E-state index is 13.1. The molecule has 2 atom stereocenters. The number of nitrogens with one attached hydrogen (secondary N) is 1. The smallest absolute Gasteiger partial charge is 0.237 e. The van der Waals surface area contributed by atoms with Gasteiger partial charge in [-0.05, 0) is 25.0 Å². The van der Waals surface area contributed by atoms with E-state index in [0.717, 1.165) is 6.26 Å². The van der Waals surface area contributed by atoms with E-state index in [1.807, 2.05) is 6.92 Å². The van der Waals surface area contributed by atoms with Crippen LogP contribution >= 0.6 is 12.4 Å². The van der Waals surface area contributed by atoms with Gasteiger partial charge in [0.2, 0.25) is 5.91 Å². The van der Waals surface area contributed by atoms with Crippen LogP contribution in [0.1, 0.15) is 19.8 Å². The molecule has 0 aliphatic carbocycles. The topological polar surface area (TPSA) is 98.5 Å². The molecule has 1 rings (SSSR count). The third kappa shape index (κ3) is 9.05. The Kier molecular flexibility index (Phi) is 9.88. The van der Waals surface area contributed by atoms with E-state index in [-0.39, 0.29) is 37.2 Å². The summed E-state index contributed by atoms with van der Waals surface area (Å²) in [6, 6.07) is 4.86. The summed E-state index contributed by atoms with van der Waals surface area (Å²) >= 11 is 0. The van der Waals surface area contributed by atoms with Gasteiger partial charge < -0.3 is 15.8 Å². The highest BCUT2D eigenvalue weighted by atomic mass is 35.5. The lowest BCUT2D eigenvalue weighted by molar-refractivity contribution is -0.122. The largest absolute Gasteiger partial charge is 0.489 e. The molecule has 1 aromatic rings. The summed E-state index contributed by atoms with van der Waals surface area (Å²) in [5, 5.41) is 2.63. The van der Waals surface area contributed by atoms with Crippen molar-refractivity contribution in [3.8, 4) is 5.75 Å². The molecule has 1 aromatic carbocycles. The Balaban J connectivity index is 0.00000529. The summed E-state index contributed by atoms with van der Waals surface area (Å²) in [6.07, 6.45) is 1.43. The van der Waals surface area contributed by atoms with E-state index in [1.54, 1.807) is 6.07 Å². The molecule has 0 heterocycles. The van der Waals surface area contributed by atoms with E-state index in [0.29, 0.717) is 12.2 Å². The summed E-state index contributed by atoms with van der Waals surface area (Å²) < 4.78 is 40.8. The average Bonchev–Trinajstić information content (AvgIpc) is 2.47. The van der Waals surface area contributed by atoms with Crippen molar-refractivity contribution in [1.29, 1.82) is 0 Å². The molecule has 0 radical (unpaired) electrons. The zero-order valence-electron chi connectivity index (χ0n) is 13.7. The molecular formula is C15H24ClFN2O4S. The van der Waals surface area contributed by atoms with Crippen LogP contribution in [0, 0.1) is 5.82 Å². The van der Waals surface area contributed by atoms with E-state index >= 15 is 0 Å². The predicted molar refractivity (Wildman–Crippen MR) is 93.7 cm³/mol. The predicted octanol–water partition coefficient (Wildman–Crippen LogP) is 1.28. The molecule has 0 spiro atoms. The van der Waals surface area contributed by atoms with Crippen LogP contribution in [0.2, 0.25) is 0 Å². The number of halogens is 2. The highest BCUT2D eigenvalue weighted by molar-refractivity contribution is 7.90. The third-order valence-corrected chi connectivity index (χ3v) is 4.17. The fourth-order valence-corrected chi connectivity index (χ4v) is 2.50. The van der Waals surface area contributed by atoms with E-state index in [4.69, 9.17) is 10.5 Å². The number of amides is 1. The molecule has 0 aliphatic heterocycles. The summed E-state index contributed by atoms with van der Waals surface area (Å²) in [6.45, 7) is 2.08. The lowest BCUT2D eigenvalue weighted by atomic mass is 10.2. The number of hydrogen-bond acceptors (Lipinski definition) is 5. The lowest BCUT2D eigenvalue weighted by Gasteiger charge is -2.19. The molecule has 0 saturated carbocycles. The minimum absolute atomic E-state index is 0. The molecule has 138 valence electrons. The van der Waals surface area contributed by atoms with Gasteiger partial charge in [-0.15, -0.1) is 12.4 Å². The van der Waals surface area contributed by atoms with Crippen LogP contribution in [0.25, 0.3) is 0 Å². The van der Waals surface area contributed by atoms with Gasteiger partial charge in [-0.1, -0.05) is 13.0 Å². The van der Waals surface area contributed by atoms with Crippen molar-refractivity contribution in [3.63, 3.8) is 0 Å². The third-order valence-electron chi connectivity index (χ3n) is 3.19. The second-order valence-corrected chi connectivity index (χ2v) is 7.64. The Bertz CT molecular complexity index is 628. The van der Waals surface area contributed by atoms with Crippen molar-refractivity contribution in [2.45, 2.75) is 31.9 Å². The average molecular weight is 383 g/mol. The minimum Gasteiger partial charge on any atom is -0.489 e. The molecule has 1 amide bonds. The van der Waals surface area contributed by atoms with Gasteiger partial charge in [0.15, 0.2) is 0 Å². The quantitative estimate of drug-likeness (QED) is 0.670. The zero-order valence-corrected chi connectivity index (χ0v) is 15.3. The molecule has 2 unspecified atom stereocenters. The van der Waals surface area contributed by atoms with Crippen LogP contribution in [0.15, 0.2) is 24.3 Å². The second-order valence-electron chi connectivity index (χ2n) is 5.38. The molecule has 9 heteroatoms. The SMILES string of the molecule is CCC(CNC(=O)C(N)CCS(C)(=O)=O)Oc1cccc(F)c1.Cl. The van der Waals surface area contributed by atoms with Crippen molar-refractivity contribution in [1.82, 2.24) is 5.32 Å². The number of rotatable bonds is 9. The fraction of sp³-hybridized carbons (Fsp3) is 0.533. The summed E-state index contributed by atoms with van der Waals surface area (Å²) in [5.74, 6) is -0.593. The van der Waals surface area contributed by atoms with Crippen LogP contribution in [0.3, 0.4) is 0 Å². The van der Waals surface area contributed by atoms with Crippen molar-refractivity contribution in [3.05, 3.63) is 30.1 Å². The molecule has 3 N–H and O–H groups in total. The van der Waals surface area contributed by atoms with Crippen LogP contribution in [-0.2, 0) is 14.6 Å². The molecule has 0 aliphatic rings. The molecule has 24 heavy (non-hydrogen) atoms. The molecule has 6 nitrogen and oxygen atoms in total. The maximum Gasteiger partial charge on any atom is 0.237 e. The highest BCUT2D eigenvalue weighted by Gasteiger charge is 2.17. The van der Waals surface area contributed by atoms with Crippen molar-refractivity contribution in [2.24, 2.45) is 5.73 Å².